The first kappa shape index (κ1) is 25.9. The highest BCUT2D eigenvalue weighted by Gasteiger charge is 2.50. The molecule has 2 aromatic heterocycles. The highest BCUT2D eigenvalue weighted by atomic mass is 19.1. The smallest absolute Gasteiger partial charge is 0.273 e. The van der Waals surface area contributed by atoms with Crippen molar-refractivity contribution in [1.82, 2.24) is 30.7 Å². The van der Waals surface area contributed by atoms with E-state index in [0.717, 1.165) is 38.1 Å². The summed E-state index contributed by atoms with van der Waals surface area (Å²) in [7, 11) is 0. The number of halogens is 2. The van der Waals surface area contributed by atoms with Crippen LogP contribution in [-0.2, 0) is 10.3 Å². The lowest BCUT2D eigenvalue weighted by atomic mass is 9.90. The highest BCUT2D eigenvalue weighted by molar-refractivity contribution is 5.94. The fraction of sp³-hybridized carbons (Fsp3) is 0.444. The molecule has 2 atom stereocenters. The SMILES string of the molecule is CC(C)CN1CC[C@H](NC(=O)c2cc(-c3ccc(F)cc3F)on2)[C@@H](C(=O)NC2(c3ncccn3)CC2)C1. The van der Waals surface area contributed by atoms with Gasteiger partial charge in [-0.25, -0.2) is 18.7 Å². The Hall–Kier alpha value is -3.73. The second kappa shape index (κ2) is 10.6. The van der Waals surface area contributed by atoms with Gasteiger partial charge in [0.05, 0.1) is 17.0 Å². The lowest BCUT2D eigenvalue weighted by Gasteiger charge is -2.39. The van der Waals surface area contributed by atoms with Crippen molar-refractivity contribution in [2.45, 2.75) is 44.7 Å². The minimum absolute atomic E-state index is 0.00457. The number of likely N-dealkylation sites (tertiary alicyclic amines) is 1. The first-order chi connectivity index (χ1) is 18.2. The quantitative estimate of drug-likeness (QED) is 0.465. The van der Waals surface area contributed by atoms with Crippen molar-refractivity contribution in [3.05, 3.63) is 65.9 Å². The van der Waals surface area contributed by atoms with Crippen LogP contribution in [0, 0.1) is 23.5 Å². The van der Waals surface area contributed by atoms with E-state index in [0.29, 0.717) is 24.7 Å². The van der Waals surface area contributed by atoms with Gasteiger partial charge in [-0.15, -0.1) is 0 Å². The minimum atomic E-state index is -0.821. The van der Waals surface area contributed by atoms with Crippen molar-refractivity contribution in [1.29, 1.82) is 0 Å². The Balaban J connectivity index is 1.31. The second-order valence-electron chi connectivity index (χ2n) is 10.5. The zero-order valence-electron chi connectivity index (χ0n) is 21.3. The third kappa shape index (κ3) is 5.57. The second-order valence-corrected chi connectivity index (χ2v) is 10.5. The normalized spacial score (nSPS) is 20.8. The van der Waals surface area contributed by atoms with E-state index < -0.39 is 35.0 Å². The van der Waals surface area contributed by atoms with Crippen molar-refractivity contribution in [2.75, 3.05) is 19.6 Å². The van der Waals surface area contributed by atoms with Crippen LogP contribution in [0.3, 0.4) is 0 Å². The average Bonchev–Trinajstić information content (AvgIpc) is 3.50. The van der Waals surface area contributed by atoms with Gasteiger partial charge in [0.25, 0.3) is 5.91 Å². The summed E-state index contributed by atoms with van der Waals surface area (Å²) in [6, 6.07) is 5.65. The molecule has 1 aromatic carbocycles. The van der Waals surface area contributed by atoms with Crippen LogP contribution < -0.4 is 10.6 Å². The van der Waals surface area contributed by atoms with E-state index in [4.69, 9.17) is 4.52 Å². The van der Waals surface area contributed by atoms with Gasteiger partial charge in [0, 0.05) is 50.2 Å². The Kier molecular flexibility index (Phi) is 7.20. The third-order valence-corrected chi connectivity index (χ3v) is 7.02. The van der Waals surface area contributed by atoms with Crippen LogP contribution in [0.2, 0.25) is 0 Å². The number of carbonyl (C=O) groups excluding carboxylic acids is 2. The summed E-state index contributed by atoms with van der Waals surface area (Å²) in [5.41, 5.74) is -0.632. The summed E-state index contributed by atoms with van der Waals surface area (Å²) < 4.78 is 32.6. The minimum Gasteiger partial charge on any atom is -0.355 e. The van der Waals surface area contributed by atoms with Crippen LogP contribution in [0.15, 0.2) is 47.2 Å². The van der Waals surface area contributed by atoms with E-state index in [2.05, 4.69) is 44.5 Å². The standard InChI is InChI=1S/C27H30F2N6O3/c1-16(2)14-35-11-6-21(19(15-35)24(36)33-27(7-8-27)26-30-9-3-10-31-26)32-25(37)22-13-23(38-34-22)18-5-4-17(28)12-20(18)29/h3-5,9-10,12-13,16,19,21H,6-8,11,14-15H2,1-2H3,(H,32,37)(H,33,36)/t19-,21-/m0/s1. The first-order valence-electron chi connectivity index (χ1n) is 12.8. The number of amides is 2. The van der Waals surface area contributed by atoms with Crippen LogP contribution >= 0.6 is 0 Å². The fourth-order valence-electron chi connectivity index (χ4n) is 4.99. The number of hydrogen-bond acceptors (Lipinski definition) is 7. The van der Waals surface area contributed by atoms with E-state index >= 15 is 0 Å². The molecule has 200 valence electrons. The van der Waals surface area contributed by atoms with Crippen LogP contribution in [0.1, 0.15) is 49.4 Å². The van der Waals surface area contributed by atoms with Gasteiger partial charge >= 0.3 is 0 Å². The van der Waals surface area contributed by atoms with E-state index in [1.54, 1.807) is 18.5 Å². The molecule has 0 unspecified atom stereocenters. The molecule has 11 heteroatoms. The number of nitrogens with one attached hydrogen (secondary N) is 2. The van der Waals surface area contributed by atoms with E-state index in [1.807, 2.05) is 0 Å². The summed E-state index contributed by atoms with van der Waals surface area (Å²) >= 11 is 0. The monoisotopic (exact) mass is 524 g/mol. The van der Waals surface area contributed by atoms with Crippen molar-refractivity contribution >= 4 is 11.8 Å². The summed E-state index contributed by atoms with van der Waals surface area (Å²) in [6.45, 7) is 6.31. The van der Waals surface area contributed by atoms with Crippen molar-refractivity contribution in [2.24, 2.45) is 11.8 Å². The molecule has 5 rings (SSSR count). The van der Waals surface area contributed by atoms with E-state index in [-0.39, 0.29) is 22.9 Å². The molecule has 9 nitrogen and oxygen atoms in total. The topological polar surface area (TPSA) is 113 Å². The molecule has 2 aliphatic rings. The molecule has 0 spiro atoms. The molecule has 1 aliphatic carbocycles. The molecule has 38 heavy (non-hydrogen) atoms. The molecule has 3 heterocycles. The van der Waals surface area contributed by atoms with Crippen molar-refractivity contribution in [3.8, 4) is 11.3 Å². The van der Waals surface area contributed by atoms with Gasteiger partial charge in [-0.2, -0.15) is 0 Å². The number of aromatic nitrogens is 3. The van der Waals surface area contributed by atoms with E-state index in [9.17, 15) is 18.4 Å². The van der Waals surface area contributed by atoms with Crippen LogP contribution in [0.4, 0.5) is 8.78 Å². The van der Waals surface area contributed by atoms with Gasteiger partial charge in [-0.05, 0) is 43.4 Å². The third-order valence-electron chi connectivity index (χ3n) is 7.02. The predicted molar refractivity (Wildman–Crippen MR) is 134 cm³/mol. The molecule has 1 aliphatic heterocycles. The first-order valence-corrected chi connectivity index (χ1v) is 12.8. The molecular formula is C27H30F2N6O3. The van der Waals surface area contributed by atoms with Crippen molar-refractivity contribution < 1.29 is 22.9 Å². The van der Waals surface area contributed by atoms with Crippen LogP contribution in [0.5, 0.6) is 0 Å². The Morgan fingerprint density at radius 2 is 1.95 bits per heavy atom. The maximum Gasteiger partial charge on any atom is 0.273 e. The predicted octanol–water partition coefficient (Wildman–Crippen LogP) is 3.29. The number of piperidine rings is 1. The average molecular weight is 525 g/mol. The number of benzene rings is 1. The Morgan fingerprint density at radius 3 is 2.63 bits per heavy atom. The van der Waals surface area contributed by atoms with E-state index in [1.165, 1.54) is 12.1 Å². The van der Waals surface area contributed by atoms with Gasteiger partial charge in [0.2, 0.25) is 5.91 Å². The Labute approximate surface area is 219 Å². The number of nitrogens with zero attached hydrogens (tertiary/aromatic N) is 4. The van der Waals surface area contributed by atoms with Crippen molar-refractivity contribution in [3.63, 3.8) is 0 Å². The maximum atomic E-state index is 14.2. The van der Waals surface area contributed by atoms with Crippen LogP contribution in [0.25, 0.3) is 11.3 Å². The number of carbonyl (C=O) groups is 2. The largest absolute Gasteiger partial charge is 0.355 e. The summed E-state index contributed by atoms with van der Waals surface area (Å²) in [5, 5.41) is 9.88. The Morgan fingerprint density at radius 1 is 1.18 bits per heavy atom. The molecule has 2 N–H and O–H groups in total. The fourth-order valence-corrected chi connectivity index (χ4v) is 4.99. The molecule has 0 radical (unpaired) electrons. The van der Waals surface area contributed by atoms with Crippen LogP contribution in [-0.4, -0.2) is 57.5 Å². The molecule has 2 amide bonds. The number of rotatable bonds is 8. The molecule has 1 saturated carbocycles. The zero-order valence-corrected chi connectivity index (χ0v) is 21.3. The van der Waals surface area contributed by atoms with Gasteiger partial charge in [0.15, 0.2) is 17.3 Å². The Bertz CT molecular complexity index is 1310. The van der Waals surface area contributed by atoms with Gasteiger partial charge < -0.3 is 20.1 Å². The summed E-state index contributed by atoms with van der Waals surface area (Å²) in [6.07, 6.45) is 5.40. The van der Waals surface area contributed by atoms with Gasteiger partial charge in [0.1, 0.15) is 11.6 Å². The molecule has 0 bridgehead atoms. The highest BCUT2D eigenvalue weighted by Crippen LogP contribution is 2.44. The summed E-state index contributed by atoms with van der Waals surface area (Å²) in [4.78, 5) is 37.6. The lowest BCUT2D eigenvalue weighted by molar-refractivity contribution is -0.128. The van der Waals surface area contributed by atoms with Gasteiger partial charge in [-0.1, -0.05) is 19.0 Å². The lowest BCUT2D eigenvalue weighted by Crippen LogP contribution is -2.57. The molecule has 2 fully saturated rings. The van der Waals surface area contributed by atoms with Gasteiger partial charge in [-0.3, -0.25) is 9.59 Å². The zero-order chi connectivity index (χ0) is 26.9. The number of hydrogen-bond donors (Lipinski definition) is 2. The summed E-state index contributed by atoms with van der Waals surface area (Å²) in [5.74, 6) is -1.72. The molecule has 1 saturated heterocycles. The maximum absolute atomic E-state index is 14.2. The molecular weight excluding hydrogens is 494 g/mol. The molecule has 3 aromatic rings.